The second kappa shape index (κ2) is 5.82. The Kier molecular flexibility index (Phi) is 5.02. The molecule has 0 aromatic carbocycles. The summed E-state index contributed by atoms with van der Waals surface area (Å²) >= 11 is 0. The van der Waals surface area contributed by atoms with Crippen molar-refractivity contribution in [3.63, 3.8) is 0 Å². The third-order valence-corrected chi connectivity index (χ3v) is 1.08. The molecule has 0 rings (SSSR count). The Morgan fingerprint density at radius 2 is 1.77 bits per heavy atom. The number of aliphatic carboxylic acids is 1. The molecule has 0 atom stereocenters. The van der Waals surface area contributed by atoms with Crippen LogP contribution in [0.15, 0.2) is 12.2 Å². The minimum atomic E-state index is -1.27. The number of carbonyl (C=O) groups is 4. The van der Waals surface area contributed by atoms with Gasteiger partial charge in [0, 0.05) is 0 Å². The van der Waals surface area contributed by atoms with Gasteiger partial charge < -0.3 is 5.11 Å². The van der Waals surface area contributed by atoms with Gasteiger partial charge >= 0.3 is 5.97 Å². The van der Waals surface area contributed by atoms with Crippen LogP contribution in [0.5, 0.6) is 0 Å². The number of allylic oxidation sites excluding steroid dienone is 2. The maximum Gasteiger partial charge on any atom is 0.310 e. The van der Waals surface area contributed by atoms with Crippen LogP contribution in [0.3, 0.4) is 0 Å². The molecule has 5 nitrogen and oxygen atoms in total. The van der Waals surface area contributed by atoms with Crippen LogP contribution in [0.1, 0.15) is 12.8 Å². The Balaban J connectivity index is 3.92. The van der Waals surface area contributed by atoms with E-state index in [0.717, 1.165) is 12.2 Å². The molecule has 0 amide bonds. The summed E-state index contributed by atoms with van der Waals surface area (Å²) in [4.78, 5) is 41.2. The Hall–Kier alpha value is -1.78. The molecule has 1 N–H and O–H groups in total. The van der Waals surface area contributed by atoms with Gasteiger partial charge in [-0.05, 0) is 12.2 Å². The smallest absolute Gasteiger partial charge is 0.310 e. The summed E-state index contributed by atoms with van der Waals surface area (Å²) < 4.78 is 0. The minimum absolute atomic E-state index is 0.402. The summed E-state index contributed by atoms with van der Waals surface area (Å²) in [5.41, 5.74) is 0. The van der Waals surface area contributed by atoms with Crippen molar-refractivity contribution in [2.45, 2.75) is 12.8 Å². The third kappa shape index (κ3) is 6.61. The molecule has 0 aliphatic carbocycles. The lowest BCUT2D eigenvalue weighted by atomic mass is 10.1. The second-order valence-electron chi connectivity index (χ2n) is 2.25. The fourth-order valence-corrected chi connectivity index (χ4v) is 0.631. The van der Waals surface area contributed by atoms with E-state index in [1.165, 1.54) is 0 Å². The van der Waals surface area contributed by atoms with E-state index < -0.39 is 30.4 Å². The zero-order chi connectivity index (χ0) is 10.3. The van der Waals surface area contributed by atoms with Gasteiger partial charge in [0.1, 0.15) is 12.7 Å². The molecule has 0 saturated heterocycles. The van der Waals surface area contributed by atoms with Crippen molar-refractivity contribution in [2.24, 2.45) is 0 Å². The third-order valence-electron chi connectivity index (χ3n) is 1.08. The van der Waals surface area contributed by atoms with Crippen LogP contribution in [-0.2, 0) is 19.2 Å². The summed E-state index contributed by atoms with van der Waals surface area (Å²) in [6.07, 6.45) is 1.15. The molecule has 0 fully saturated rings. The summed E-state index contributed by atoms with van der Waals surface area (Å²) in [6, 6.07) is 0. The number of carbonyl (C=O) groups excluding carboxylic acids is 3. The van der Waals surface area contributed by atoms with Gasteiger partial charge in [0.05, 0.1) is 6.42 Å². The van der Waals surface area contributed by atoms with Crippen LogP contribution in [-0.4, -0.2) is 28.9 Å². The molecule has 0 unspecified atom stereocenters. The summed E-state index contributed by atoms with van der Waals surface area (Å²) in [6.45, 7) is 0. The van der Waals surface area contributed by atoms with Gasteiger partial charge in [0.15, 0.2) is 11.6 Å². The number of carboxylic acid groups (broad SMARTS) is 1. The highest BCUT2D eigenvalue weighted by Gasteiger charge is 2.10. The highest BCUT2D eigenvalue weighted by molar-refractivity contribution is 6.09. The standard InChI is InChI=1S/C8H8O5/c9-3-1-2-6(10)4-7(11)5-8(12)13/h1-3H,4-5H2,(H,12,13)/b2-1+. The summed E-state index contributed by atoms with van der Waals surface area (Å²) in [7, 11) is 0. The number of hydrogen-bond acceptors (Lipinski definition) is 4. The zero-order valence-electron chi connectivity index (χ0n) is 6.73. The van der Waals surface area contributed by atoms with E-state index in [1.807, 2.05) is 0 Å². The molecule has 0 bridgehead atoms. The Labute approximate surface area is 74.0 Å². The first-order chi connectivity index (χ1) is 6.06. The lowest BCUT2D eigenvalue weighted by Gasteiger charge is -1.91. The van der Waals surface area contributed by atoms with Crippen molar-refractivity contribution in [3.05, 3.63) is 12.2 Å². The van der Waals surface area contributed by atoms with E-state index in [9.17, 15) is 19.2 Å². The lowest BCUT2D eigenvalue weighted by Crippen LogP contribution is -2.10. The highest BCUT2D eigenvalue weighted by Crippen LogP contribution is 1.92. The van der Waals surface area contributed by atoms with Gasteiger partial charge in [-0.3, -0.25) is 19.2 Å². The van der Waals surface area contributed by atoms with E-state index in [-0.39, 0.29) is 0 Å². The summed E-state index contributed by atoms with van der Waals surface area (Å²) in [5.74, 6) is -2.51. The first kappa shape index (κ1) is 11.2. The SMILES string of the molecule is O=C/C=C/C(=O)CC(=O)CC(=O)O. The monoisotopic (exact) mass is 184 g/mol. The minimum Gasteiger partial charge on any atom is -0.481 e. The van der Waals surface area contributed by atoms with E-state index in [4.69, 9.17) is 5.11 Å². The van der Waals surface area contributed by atoms with Crippen molar-refractivity contribution in [1.29, 1.82) is 0 Å². The van der Waals surface area contributed by atoms with Crippen LogP contribution in [0, 0.1) is 0 Å². The predicted octanol–water partition coefficient (Wildman–Crippen LogP) is -0.255. The Bertz CT molecular complexity index is 264. The van der Waals surface area contributed by atoms with Gasteiger partial charge in [0.25, 0.3) is 0 Å². The first-order valence-corrected chi connectivity index (χ1v) is 3.44. The van der Waals surface area contributed by atoms with E-state index in [0.29, 0.717) is 6.29 Å². The van der Waals surface area contributed by atoms with Crippen molar-refractivity contribution in [2.75, 3.05) is 0 Å². The molecule has 0 heterocycles. The molecule has 0 radical (unpaired) electrons. The molecule has 5 heteroatoms. The number of Topliss-reactive ketones (excluding diaryl/α,β-unsaturated/α-hetero) is 1. The quantitative estimate of drug-likeness (QED) is 0.349. The predicted molar refractivity (Wildman–Crippen MR) is 42.1 cm³/mol. The number of carboxylic acids is 1. The molecule has 0 aliphatic heterocycles. The maximum absolute atomic E-state index is 10.7. The van der Waals surface area contributed by atoms with Crippen molar-refractivity contribution in [1.82, 2.24) is 0 Å². The van der Waals surface area contributed by atoms with E-state index in [2.05, 4.69) is 0 Å². The molecular weight excluding hydrogens is 176 g/mol. The van der Waals surface area contributed by atoms with Crippen molar-refractivity contribution >= 4 is 23.8 Å². The summed E-state index contributed by atoms with van der Waals surface area (Å²) in [5, 5.41) is 8.17. The number of ketones is 2. The highest BCUT2D eigenvalue weighted by atomic mass is 16.4. The van der Waals surface area contributed by atoms with Gasteiger partial charge in [-0.2, -0.15) is 0 Å². The van der Waals surface area contributed by atoms with E-state index >= 15 is 0 Å². The molecular formula is C8H8O5. The van der Waals surface area contributed by atoms with Gasteiger partial charge in [-0.1, -0.05) is 0 Å². The molecule has 0 aromatic heterocycles. The molecule has 70 valence electrons. The molecule has 0 spiro atoms. The second-order valence-corrected chi connectivity index (χ2v) is 2.25. The first-order valence-electron chi connectivity index (χ1n) is 3.44. The van der Waals surface area contributed by atoms with Crippen LogP contribution in [0.2, 0.25) is 0 Å². The largest absolute Gasteiger partial charge is 0.481 e. The average molecular weight is 184 g/mol. The normalized spacial score (nSPS) is 9.85. The molecule has 0 saturated carbocycles. The van der Waals surface area contributed by atoms with E-state index in [1.54, 1.807) is 0 Å². The van der Waals surface area contributed by atoms with Crippen molar-refractivity contribution < 1.29 is 24.3 Å². The zero-order valence-corrected chi connectivity index (χ0v) is 6.73. The Morgan fingerprint density at radius 3 is 2.23 bits per heavy atom. The van der Waals surface area contributed by atoms with Gasteiger partial charge in [-0.15, -0.1) is 0 Å². The maximum atomic E-state index is 10.7. The van der Waals surface area contributed by atoms with Crippen molar-refractivity contribution in [3.8, 4) is 0 Å². The lowest BCUT2D eigenvalue weighted by molar-refractivity contribution is -0.140. The fraction of sp³-hybridized carbons (Fsp3) is 0.250. The topological polar surface area (TPSA) is 88.5 Å². The van der Waals surface area contributed by atoms with Crippen LogP contribution < -0.4 is 0 Å². The van der Waals surface area contributed by atoms with Crippen LogP contribution >= 0.6 is 0 Å². The van der Waals surface area contributed by atoms with Gasteiger partial charge in [-0.25, -0.2) is 0 Å². The molecule has 13 heavy (non-hydrogen) atoms. The van der Waals surface area contributed by atoms with Crippen LogP contribution in [0.4, 0.5) is 0 Å². The number of rotatable bonds is 6. The van der Waals surface area contributed by atoms with Crippen LogP contribution in [0.25, 0.3) is 0 Å². The average Bonchev–Trinajstić information content (AvgIpc) is 1.98. The molecule has 0 aliphatic rings. The number of aldehydes is 1. The number of hydrogen-bond donors (Lipinski definition) is 1. The fourth-order valence-electron chi connectivity index (χ4n) is 0.631. The Morgan fingerprint density at radius 1 is 1.15 bits per heavy atom. The van der Waals surface area contributed by atoms with Gasteiger partial charge in [0.2, 0.25) is 0 Å². The molecule has 0 aromatic rings.